The fraction of sp³-hybridized carbons (Fsp3) is 0.250. The number of ether oxygens (including phenoxy) is 3. The number of nitrogens with zero attached hydrogens (tertiary/aromatic N) is 1. The van der Waals surface area contributed by atoms with Crippen molar-refractivity contribution in [2.45, 2.75) is 26.8 Å². The smallest absolute Gasteiger partial charge is 0.340 e. The molecule has 0 fully saturated rings. The fourth-order valence-corrected chi connectivity index (χ4v) is 4.59. The van der Waals surface area contributed by atoms with Crippen LogP contribution in [0.5, 0.6) is 17.2 Å². The first kappa shape index (κ1) is 21.9. The van der Waals surface area contributed by atoms with Gasteiger partial charge in [0.15, 0.2) is 6.73 Å². The highest BCUT2D eigenvalue weighted by Gasteiger charge is 2.24. The van der Waals surface area contributed by atoms with Gasteiger partial charge in [-0.05, 0) is 31.0 Å². The number of aryl methyl sites for hydroxylation is 2. The summed E-state index contributed by atoms with van der Waals surface area (Å²) in [6, 6.07) is 17.8. The lowest BCUT2D eigenvalue weighted by molar-refractivity contribution is 0.287. The van der Waals surface area contributed by atoms with Gasteiger partial charge in [0.2, 0.25) is 0 Å². The van der Waals surface area contributed by atoms with E-state index in [9.17, 15) is 4.79 Å². The van der Waals surface area contributed by atoms with E-state index >= 15 is 0 Å². The minimum atomic E-state index is -0.294. The van der Waals surface area contributed by atoms with E-state index in [2.05, 4.69) is 11.0 Å². The van der Waals surface area contributed by atoms with Crippen LogP contribution in [0.4, 0.5) is 5.69 Å². The third kappa shape index (κ3) is 3.85. The molecule has 1 aliphatic rings. The van der Waals surface area contributed by atoms with Gasteiger partial charge >= 0.3 is 5.63 Å². The van der Waals surface area contributed by atoms with Crippen LogP contribution in [-0.4, -0.2) is 21.0 Å². The summed E-state index contributed by atoms with van der Waals surface area (Å²) in [4.78, 5) is 15.0. The largest absolute Gasteiger partial charge is 0.497 e. The molecule has 0 unspecified atom stereocenters. The van der Waals surface area contributed by atoms with Crippen molar-refractivity contribution in [1.82, 2.24) is 0 Å². The summed E-state index contributed by atoms with van der Waals surface area (Å²) in [5.41, 5.74) is 5.84. The third-order valence-electron chi connectivity index (χ3n) is 6.48. The third-order valence-corrected chi connectivity index (χ3v) is 6.48. The minimum absolute atomic E-state index is 0.294. The predicted molar refractivity (Wildman–Crippen MR) is 132 cm³/mol. The van der Waals surface area contributed by atoms with Gasteiger partial charge in [-0.25, -0.2) is 4.79 Å². The van der Waals surface area contributed by atoms with E-state index in [-0.39, 0.29) is 5.63 Å². The summed E-state index contributed by atoms with van der Waals surface area (Å²) in [6.45, 7) is 4.96. The molecular formula is C28H27NO5. The highest BCUT2D eigenvalue weighted by Crippen LogP contribution is 2.38. The second-order valence-corrected chi connectivity index (χ2v) is 8.56. The number of fused-ring (bicyclic) bond motifs is 2. The van der Waals surface area contributed by atoms with Crippen LogP contribution in [0, 0.1) is 13.8 Å². The molecule has 0 atom stereocenters. The van der Waals surface area contributed by atoms with Crippen molar-refractivity contribution in [3.8, 4) is 17.2 Å². The monoisotopic (exact) mass is 457 g/mol. The molecule has 3 aromatic carbocycles. The lowest BCUT2D eigenvalue weighted by Gasteiger charge is -2.32. The molecular weight excluding hydrogens is 430 g/mol. The number of rotatable bonds is 5. The SMILES string of the molecule is COc1cc(OC)cc(N2COc3c(cc4c(C)c(Cc5ccccc5)c(=O)oc4c3C)C2)c1. The Kier molecular flexibility index (Phi) is 5.65. The normalized spacial score (nSPS) is 12.9. The minimum Gasteiger partial charge on any atom is -0.497 e. The highest BCUT2D eigenvalue weighted by atomic mass is 16.5. The van der Waals surface area contributed by atoms with Crippen LogP contribution >= 0.6 is 0 Å². The van der Waals surface area contributed by atoms with Crippen LogP contribution in [0.25, 0.3) is 11.0 Å². The molecule has 1 aliphatic heterocycles. The van der Waals surface area contributed by atoms with E-state index in [0.717, 1.165) is 50.6 Å². The molecule has 0 aliphatic carbocycles. The number of methoxy groups -OCH3 is 2. The standard InChI is InChI=1S/C28H27NO5/c1-17-24-11-20-15-29(21-12-22(31-3)14-23(13-21)32-4)16-33-26(20)18(2)27(24)34-28(30)25(17)10-19-8-6-5-7-9-19/h5-9,11-14H,10,15-16H2,1-4H3. The van der Waals surface area contributed by atoms with Crippen molar-refractivity contribution in [3.63, 3.8) is 0 Å². The van der Waals surface area contributed by atoms with Crippen molar-refractivity contribution in [2.24, 2.45) is 0 Å². The molecule has 0 saturated carbocycles. The van der Waals surface area contributed by atoms with E-state index in [4.69, 9.17) is 18.6 Å². The highest BCUT2D eigenvalue weighted by molar-refractivity contribution is 5.87. The average Bonchev–Trinajstić information content (AvgIpc) is 2.87. The number of benzene rings is 3. The Balaban J connectivity index is 1.57. The van der Waals surface area contributed by atoms with Gasteiger partial charge in [0.1, 0.15) is 22.8 Å². The van der Waals surface area contributed by atoms with Crippen LogP contribution in [0.1, 0.15) is 27.8 Å². The Morgan fingerprint density at radius 3 is 2.32 bits per heavy atom. The van der Waals surface area contributed by atoms with Crippen molar-refractivity contribution < 1.29 is 18.6 Å². The van der Waals surface area contributed by atoms with Crippen LogP contribution < -0.4 is 24.7 Å². The Morgan fingerprint density at radius 2 is 1.65 bits per heavy atom. The van der Waals surface area contributed by atoms with Gasteiger partial charge in [-0.3, -0.25) is 0 Å². The summed E-state index contributed by atoms with van der Waals surface area (Å²) in [6.07, 6.45) is 0.535. The summed E-state index contributed by atoms with van der Waals surface area (Å²) in [7, 11) is 3.28. The van der Waals surface area contributed by atoms with Gasteiger partial charge in [-0.1, -0.05) is 30.3 Å². The topological polar surface area (TPSA) is 61.1 Å². The van der Waals surface area contributed by atoms with Crippen molar-refractivity contribution >= 4 is 16.7 Å². The summed E-state index contributed by atoms with van der Waals surface area (Å²) in [5.74, 6) is 2.22. The van der Waals surface area contributed by atoms with Gasteiger partial charge in [0, 0.05) is 58.9 Å². The summed E-state index contributed by atoms with van der Waals surface area (Å²) < 4.78 is 22.9. The first-order valence-corrected chi connectivity index (χ1v) is 11.2. The van der Waals surface area contributed by atoms with E-state index < -0.39 is 0 Å². The molecule has 0 radical (unpaired) electrons. The quantitative estimate of drug-likeness (QED) is 0.375. The van der Waals surface area contributed by atoms with Gasteiger partial charge in [0.25, 0.3) is 0 Å². The molecule has 5 rings (SSSR count). The Bertz CT molecular complexity index is 1400. The lowest BCUT2D eigenvalue weighted by Crippen LogP contribution is -2.32. The van der Waals surface area contributed by atoms with Crippen LogP contribution in [0.3, 0.4) is 0 Å². The molecule has 0 bridgehead atoms. The zero-order chi connectivity index (χ0) is 23.8. The van der Waals surface area contributed by atoms with Crippen molar-refractivity contribution in [3.05, 3.63) is 92.8 Å². The van der Waals surface area contributed by atoms with E-state index in [0.29, 0.717) is 30.8 Å². The summed E-state index contributed by atoms with van der Waals surface area (Å²) >= 11 is 0. The van der Waals surface area contributed by atoms with Crippen LogP contribution in [-0.2, 0) is 13.0 Å². The Morgan fingerprint density at radius 1 is 0.941 bits per heavy atom. The molecule has 0 amide bonds. The molecule has 4 aromatic rings. The van der Waals surface area contributed by atoms with Crippen molar-refractivity contribution in [2.75, 3.05) is 25.9 Å². The predicted octanol–water partition coefficient (Wildman–Crippen LogP) is 5.37. The van der Waals surface area contributed by atoms with E-state index in [1.54, 1.807) is 14.2 Å². The first-order valence-electron chi connectivity index (χ1n) is 11.2. The molecule has 0 spiro atoms. The van der Waals surface area contributed by atoms with Crippen molar-refractivity contribution in [1.29, 1.82) is 0 Å². The molecule has 6 nitrogen and oxygen atoms in total. The maximum Gasteiger partial charge on any atom is 0.340 e. The average molecular weight is 458 g/mol. The second-order valence-electron chi connectivity index (χ2n) is 8.56. The molecule has 1 aromatic heterocycles. The fourth-order valence-electron chi connectivity index (χ4n) is 4.59. The van der Waals surface area contributed by atoms with E-state index in [1.807, 2.05) is 62.4 Å². The Hall–Kier alpha value is -3.93. The van der Waals surface area contributed by atoms with Gasteiger partial charge in [-0.15, -0.1) is 0 Å². The Labute approximate surface area is 198 Å². The molecule has 34 heavy (non-hydrogen) atoms. The number of hydrogen-bond donors (Lipinski definition) is 0. The number of hydrogen-bond acceptors (Lipinski definition) is 6. The lowest BCUT2D eigenvalue weighted by atomic mass is 9.96. The maximum atomic E-state index is 12.9. The van der Waals surface area contributed by atoms with Crippen LogP contribution in [0.2, 0.25) is 0 Å². The van der Waals surface area contributed by atoms with Gasteiger partial charge < -0.3 is 23.5 Å². The molecule has 6 heteroatoms. The second kappa shape index (κ2) is 8.78. The zero-order valence-electron chi connectivity index (χ0n) is 19.8. The molecule has 2 heterocycles. The molecule has 0 N–H and O–H groups in total. The first-order chi connectivity index (χ1) is 16.5. The molecule has 174 valence electrons. The van der Waals surface area contributed by atoms with Gasteiger partial charge in [0.05, 0.1) is 14.2 Å². The maximum absolute atomic E-state index is 12.9. The van der Waals surface area contributed by atoms with Gasteiger partial charge in [-0.2, -0.15) is 0 Å². The zero-order valence-corrected chi connectivity index (χ0v) is 19.8. The van der Waals surface area contributed by atoms with E-state index in [1.165, 1.54) is 0 Å². The van der Waals surface area contributed by atoms with Crippen LogP contribution in [0.15, 0.2) is 63.8 Å². The summed E-state index contributed by atoms with van der Waals surface area (Å²) in [5, 5.41) is 0.940. The number of anilines is 1. The molecule has 0 saturated heterocycles.